The molecule has 2 saturated heterocycles. The maximum Gasteiger partial charge on any atom is 0.410 e. The summed E-state index contributed by atoms with van der Waals surface area (Å²) in [4.78, 5) is 38.3. The maximum absolute atomic E-state index is 12.7. The highest BCUT2D eigenvalue weighted by Gasteiger charge is 2.33. The second kappa shape index (κ2) is 11.8. The second-order valence-electron chi connectivity index (χ2n) is 14.3. The summed E-state index contributed by atoms with van der Waals surface area (Å²) in [5, 5.41) is 9.36. The first-order valence-corrected chi connectivity index (χ1v) is 15.9. The molecule has 0 bridgehead atoms. The zero-order chi connectivity index (χ0) is 31.9. The minimum Gasteiger partial charge on any atom is -0.444 e. The lowest BCUT2D eigenvalue weighted by Crippen LogP contribution is -2.42. The highest BCUT2D eigenvalue weighted by Crippen LogP contribution is 2.28. The van der Waals surface area contributed by atoms with Crippen molar-refractivity contribution in [3.8, 4) is 17.1 Å². The van der Waals surface area contributed by atoms with Gasteiger partial charge in [-0.1, -0.05) is 26.8 Å². The standard InChI is InChI=1S/C34H44N8O3/c1-33(2,3)30(43)40-13-10-27(22-40)38-26-8-7-23-9-16-41(29(23)17-26)31-35-18-24(19-36-31)25-20-37-42(21-25)28-11-14-39(15-12-28)32(44)45-34(4,5)6/h7-9,16-21,27-28,38H,10-15,22H2,1-6H3. The number of aromatic nitrogens is 5. The lowest BCUT2D eigenvalue weighted by atomic mass is 9.95. The van der Waals surface area contributed by atoms with Gasteiger partial charge in [0.1, 0.15) is 5.60 Å². The van der Waals surface area contributed by atoms with Crippen molar-refractivity contribution in [1.82, 2.24) is 34.1 Å². The largest absolute Gasteiger partial charge is 0.444 e. The molecule has 1 N–H and O–H groups in total. The van der Waals surface area contributed by atoms with E-state index in [1.165, 1.54) is 0 Å². The third-order valence-electron chi connectivity index (χ3n) is 8.46. The van der Waals surface area contributed by atoms with Crippen molar-refractivity contribution < 1.29 is 14.3 Å². The number of amides is 2. The Morgan fingerprint density at radius 2 is 1.60 bits per heavy atom. The average Bonchev–Trinajstić information content (AvgIpc) is 3.76. The monoisotopic (exact) mass is 612 g/mol. The molecule has 2 amide bonds. The molecule has 5 heterocycles. The number of anilines is 1. The van der Waals surface area contributed by atoms with Crippen LogP contribution in [0.5, 0.6) is 0 Å². The lowest BCUT2D eigenvalue weighted by Gasteiger charge is -2.33. The smallest absolute Gasteiger partial charge is 0.410 e. The van der Waals surface area contributed by atoms with Gasteiger partial charge in [0, 0.05) is 84.6 Å². The Morgan fingerprint density at radius 3 is 2.29 bits per heavy atom. The van der Waals surface area contributed by atoms with Crippen LogP contribution in [0.1, 0.15) is 66.8 Å². The number of nitrogens with zero attached hydrogens (tertiary/aromatic N) is 7. The molecule has 11 heteroatoms. The fourth-order valence-electron chi connectivity index (χ4n) is 6.09. The number of fused-ring (bicyclic) bond motifs is 1. The topological polar surface area (TPSA) is 110 Å². The van der Waals surface area contributed by atoms with E-state index in [1.807, 2.05) is 86.7 Å². The molecule has 0 spiro atoms. The van der Waals surface area contributed by atoms with E-state index < -0.39 is 5.60 Å². The van der Waals surface area contributed by atoms with Crippen molar-refractivity contribution >= 4 is 28.6 Å². The molecule has 238 valence electrons. The summed E-state index contributed by atoms with van der Waals surface area (Å²) < 4.78 is 9.52. The van der Waals surface area contributed by atoms with Crippen LogP contribution < -0.4 is 5.32 Å². The van der Waals surface area contributed by atoms with Gasteiger partial charge in [0.15, 0.2) is 0 Å². The number of hydrogen-bond acceptors (Lipinski definition) is 7. The van der Waals surface area contributed by atoms with Gasteiger partial charge in [0.2, 0.25) is 11.9 Å². The molecule has 45 heavy (non-hydrogen) atoms. The van der Waals surface area contributed by atoms with Crippen LogP contribution in [0.3, 0.4) is 0 Å². The molecule has 2 aliphatic heterocycles. The summed E-state index contributed by atoms with van der Waals surface area (Å²) in [6, 6.07) is 8.81. The first-order valence-electron chi connectivity index (χ1n) is 15.9. The molecule has 3 aromatic heterocycles. The summed E-state index contributed by atoms with van der Waals surface area (Å²) in [6.07, 6.45) is 11.9. The van der Waals surface area contributed by atoms with Crippen molar-refractivity contribution in [2.45, 2.75) is 78.5 Å². The van der Waals surface area contributed by atoms with E-state index in [2.05, 4.69) is 34.7 Å². The van der Waals surface area contributed by atoms with E-state index in [4.69, 9.17) is 14.7 Å². The molecule has 0 aliphatic carbocycles. The van der Waals surface area contributed by atoms with E-state index in [0.29, 0.717) is 25.6 Å². The molecule has 2 fully saturated rings. The highest BCUT2D eigenvalue weighted by atomic mass is 16.6. The summed E-state index contributed by atoms with van der Waals surface area (Å²) in [7, 11) is 0. The quantitative estimate of drug-likeness (QED) is 0.298. The highest BCUT2D eigenvalue weighted by molar-refractivity contribution is 5.85. The fraction of sp³-hybridized carbons (Fsp3) is 0.500. The number of hydrogen-bond donors (Lipinski definition) is 1. The number of benzene rings is 1. The van der Waals surface area contributed by atoms with E-state index in [0.717, 1.165) is 53.5 Å². The molecular weight excluding hydrogens is 568 g/mol. The molecule has 0 radical (unpaired) electrons. The van der Waals surface area contributed by atoms with Crippen LogP contribution >= 0.6 is 0 Å². The van der Waals surface area contributed by atoms with Crippen LogP contribution in [0.4, 0.5) is 10.5 Å². The van der Waals surface area contributed by atoms with Crippen LogP contribution in [0.25, 0.3) is 28.0 Å². The summed E-state index contributed by atoms with van der Waals surface area (Å²) in [6.45, 7) is 14.4. The van der Waals surface area contributed by atoms with Gasteiger partial charge in [0.25, 0.3) is 0 Å². The Kier molecular flexibility index (Phi) is 8.05. The van der Waals surface area contributed by atoms with E-state index in [1.54, 1.807) is 4.90 Å². The molecule has 0 saturated carbocycles. The zero-order valence-electron chi connectivity index (χ0n) is 27.2. The summed E-state index contributed by atoms with van der Waals surface area (Å²) >= 11 is 0. The fourth-order valence-corrected chi connectivity index (χ4v) is 6.09. The molecule has 11 nitrogen and oxygen atoms in total. The maximum atomic E-state index is 12.7. The number of piperidine rings is 1. The van der Waals surface area contributed by atoms with E-state index >= 15 is 0 Å². The van der Waals surface area contributed by atoms with Gasteiger partial charge in [-0.15, -0.1) is 0 Å². The lowest BCUT2D eigenvalue weighted by molar-refractivity contribution is -0.138. The molecule has 4 aromatic rings. The van der Waals surface area contributed by atoms with Gasteiger partial charge in [-0.3, -0.25) is 14.0 Å². The number of ether oxygens (including phenoxy) is 1. The number of nitrogens with one attached hydrogen (secondary N) is 1. The molecule has 1 unspecified atom stereocenters. The Balaban J connectivity index is 1.10. The van der Waals surface area contributed by atoms with Crippen molar-refractivity contribution in [3.63, 3.8) is 0 Å². The molecule has 6 rings (SSSR count). The van der Waals surface area contributed by atoms with Crippen LogP contribution in [0.2, 0.25) is 0 Å². The van der Waals surface area contributed by atoms with E-state index in [9.17, 15) is 9.59 Å². The van der Waals surface area contributed by atoms with Crippen molar-refractivity contribution in [1.29, 1.82) is 0 Å². The van der Waals surface area contributed by atoms with Crippen molar-refractivity contribution in [2.75, 3.05) is 31.5 Å². The molecular formula is C34H44N8O3. The van der Waals surface area contributed by atoms with Crippen molar-refractivity contribution in [3.05, 3.63) is 55.2 Å². The van der Waals surface area contributed by atoms with Crippen LogP contribution in [0.15, 0.2) is 55.2 Å². The van der Waals surface area contributed by atoms with Crippen molar-refractivity contribution in [2.24, 2.45) is 5.41 Å². The van der Waals surface area contributed by atoms with E-state index in [-0.39, 0.29) is 29.5 Å². The minimum atomic E-state index is -0.496. The van der Waals surface area contributed by atoms with Crippen LogP contribution in [-0.4, -0.2) is 83.9 Å². The van der Waals surface area contributed by atoms with Gasteiger partial charge >= 0.3 is 6.09 Å². The number of likely N-dealkylation sites (tertiary alicyclic amines) is 2. The third-order valence-corrected chi connectivity index (χ3v) is 8.46. The third kappa shape index (κ3) is 6.82. The van der Waals surface area contributed by atoms with Gasteiger partial charge < -0.3 is 19.9 Å². The predicted molar refractivity (Wildman–Crippen MR) is 174 cm³/mol. The van der Waals surface area contributed by atoms with Crippen LogP contribution in [0, 0.1) is 5.41 Å². The normalized spacial score (nSPS) is 18.0. The van der Waals surface area contributed by atoms with Gasteiger partial charge in [-0.2, -0.15) is 5.10 Å². The average molecular weight is 613 g/mol. The Labute approximate surface area is 264 Å². The number of rotatable bonds is 5. The Bertz CT molecular complexity index is 1670. The Morgan fingerprint density at radius 1 is 0.889 bits per heavy atom. The summed E-state index contributed by atoms with van der Waals surface area (Å²) in [5.41, 5.74) is 3.01. The van der Waals surface area contributed by atoms with Gasteiger partial charge in [-0.05, 0) is 58.2 Å². The van der Waals surface area contributed by atoms with Gasteiger partial charge in [-0.25, -0.2) is 14.8 Å². The Hall–Kier alpha value is -4.41. The molecule has 1 aromatic carbocycles. The number of carbonyl (C=O) groups excluding carboxylic acids is 2. The van der Waals surface area contributed by atoms with Gasteiger partial charge in [0.05, 0.1) is 17.8 Å². The first-order chi connectivity index (χ1) is 21.3. The minimum absolute atomic E-state index is 0.199. The second-order valence-corrected chi connectivity index (χ2v) is 14.3. The first kappa shape index (κ1) is 30.6. The summed E-state index contributed by atoms with van der Waals surface area (Å²) in [5.74, 6) is 0.792. The van der Waals surface area contributed by atoms with Crippen LogP contribution in [-0.2, 0) is 9.53 Å². The SMILES string of the molecule is CC(C)(C)OC(=O)N1CCC(n2cc(-c3cnc(-n4ccc5ccc(NC6CCN(C(=O)C(C)(C)C)C6)cc54)nc3)cn2)CC1. The molecule has 2 aliphatic rings. The predicted octanol–water partition coefficient (Wildman–Crippen LogP) is 5.91. The molecule has 1 atom stereocenters. The number of carbonyl (C=O) groups is 2. The zero-order valence-corrected chi connectivity index (χ0v) is 27.2.